The van der Waals surface area contributed by atoms with Crippen LogP contribution in [0.5, 0.6) is 0 Å². The van der Waals surface area contributed by atoms with E-state index >= 15 is 0 Å². The Morgan fingerprint density at radius 2 is 2.17 bits per heavy atom. The number of carbonyl (C=O) groups is 1. The number of pyridine rings is 1. The molecule has 5 nitrogen and oxygen atoms in total. The van der Waals surface area contributed by atoms with Crippen LogP contribution in [-0.2, 0) is 11.3 Å². The molecule has 0 aromatic carbocycles. The fourth-order valence-corrected chi connectivity index (χ4v) is 3.27. The van der Waals surface area contributed by atoms with Crippen molar-refractivity contribution >= 4 is 11.6 Å². The minimum atomic E-state index is 0.000230. The highest BCUT2D eigenvalue weighted by atomic mass is 16.2. The van der Waals surface area contributed by atoms with Crippen molar-refractivity contribution in [3.05, 3.63) is 35.8 Å². The van der Waals surface area contributed by atoms with Gasteiger partial charge in [-0.1, -0.05) is 19.8 Å². The summed E-state index contributed by atoms with van der Waals surface area (Å²) in [5.41, 5.74) is 3.23. The van der Waals surface area contributed by atoms with Crippen molar-refractivity contribution in [1.29, 1.82) is 0 Å². The zero-order valence-corrected chi connectivity index (χ0v) is 14.3. The lowest BCUT2D eigenvalue weighted by Crippen LogP contribution is -2.55. The Morgan fingerprint density at radius 1 is 1.35 bits per heavy atom. The fourth-order valence-electron chi connectivity index (χ4n) is 3.27. The highest BCUT2D eigenvalue weighted by Crippen LogP contribution is 2.19. The van der Waals surface area contributed by atoms with Gasteiger partial charge in [0.1, 0.15) is 5.65 Å². The molecule has 3 heterocycles. The quantitative estimate of drug-likeness (QED) is 0.851. The lowest BCUT2D eigenvalue weighted by Gasteiger charge is -2.38. The van der Waals surface area contributed by atoms with Crippen LogP contribution in [0.25, 0.3) is 5.65 Å². The molecule has 124 valence electrons. The van der Waals surface area contributed by atoms with Crippen LogP contribution in [0.4, 0.5) is 0 Å². The second kappa shape index (κ2) is 6.71. The number of carbonyl (C=O) groups excluding carboxylic acids is 1. The number of aromatic nitrogens is 2. The standard InChI is InChI=1S/C18H26N4O/c1-4-5-6-16-18(23)20(3)9-10-21(16)12-15-13-22-8-7-14(2)11-17(22)19-15/h7-8,11,13,16H,4-6,9-10,12H2,1-3H3/t16-/m1/s1. The van der Waals surface area contributed by atoms with Gasteiger partial charge < -0.3 is 9.30 Å². The smallest absolute Gasteiger partial charge is 0.239 e. The van der Waals surface area contributed by atoms with Crippen molar-refractivity contribution in [1.82, 2.24) is 19.2 Å². The van der Waals surface area contributed by atoms with E-state index < -0.39 is 0 Å². The van der Waals surface area contributed by atoms with Crippen LogP contribution in [0.15, 0.2) is 24.5 Å². The molecule has 5 heteroatoms. The van der Waals surface area contributed by atoms with Gasteiger partial charge in [0.05, 0.1) is 11.7 Å². The van der Waals surface area contributed by atoms with Gasteiger partial charge in [-0.05, 0) is 31.0 Å². The second-order valence-corrected chi connectivity index (χ2v) is 6.59. The Hall–Kier alpha value is -1.88. The van der Waals surface area contributed by atoms with E-state index in [-0.39, 0.29) is 11.9 Å². The minimum absolute atomic E-state index is 0.000230. The van der Waals surface area contributed by atoms with E-state index in [1.54, 1.807) is 0 Å². The molecule has 1 amide bonds. The topological polar surface area (TPSA) is 40.9 Å². The van der Waals surface area contributed by atoms with Crippen molar-refractivity contribution in [2.75, 3.05) is 20.1 Å². The van der Waals surface area contributed by atoms with Gasteiger partial charge in [0, 0.05) is 39.1 Å². The molecule has 3 rings (SSSR count). The molecule has 2 aromatic rings. The minimum Gasteiger partial charge on any atom is -0.343 e. The number of unbranched alkanes of at least 4 members (excludes halogenated alkanes) is 1. The molecule has 0 aliphatic carbocycles. The van der Waals surface area contributed by atoms with Crippen LogP contribution in [0.1, 0.15) is 37.4 Å². The predicted octanol–water partition coefficient (Wildman–Crippen LogP) is 2.48. The molecule has 1 fully saturated rings. The largest absolute Gasteiger partial charge is 0.343 e. The van der Waals surface area contributed by atoms with Crippen molar-refractivity contribution in [2.45, 2.75) is 45.7 Å². The number of aryl methyl sites for hydroxylation is 1. The Bertz CT molecular complexity index is 693. The molecule has 0 N–H and O–H groups in total. The maximum Gasteiger partial charge on any atom is 0.239 e. The van der Waals surface area contributed by atoms with Crippen LogP contribution in [-0.4, -0.2) is 51.3 Å². The molecular formula is C18H26N4O. The Kier molecular flexibility index (Phi) is 4.66. The molecule has 1 aliphatic rings. The van der Waals surface area contributed by atoms with Crippen LogP contribution in [0, 0.1) is 6.92 Å². The summed E-state index contributed by atoms with van der Waals surface area (Å²) in [6.45, 7) is 6.71. The van der Waals surface area contributed by atoms with Crippen LogP contribution in [0.3, 0.4) is 0 Å². The number of rotatable bonds is 5. The summed E-state index contributed by atoms with van der Waals surface area (Å²) in [5.74, 6) is 0.254. The number of nitrogens with zero attached hydrogens (tertiary/aromatic N) is 4. The number of hydrogen-bond donors (Lipinski definition) is 0. The molecule has 0 radical (unpaired) electrons. The first-order valence-electron chi connectivity index (χ1n) is 8.51. The average molecular weight is 314 g/mol. The number of likely N-dealkylation sites (N-methyl/N-ethyl adjacent to an activating group) is 1. The van der Waals surface area contributed by atoms with E-state index in [0.717, 1.165) is 50.2 Å². The Balaban J connectivity index is 1.78. The maximum absolute atomic E-state index is 12.5. The SMILES string of the molecule is CCCC[C@@H]1C(=O)N(C)CCN1Cc1cn2ccc(C)cc2n1. The van der Waals surface area contributed by atoms with E-state index in [0.29, 0.717) is 0 Å². The van der Waals surface area contributed by atoms with E-state index in [1.807, 2.05) is 18.1 Å². The Morgan fingerprint density at radius 3 is 2.96 bits per heavy atom. The highest BCUT2D eigenvalue weighted by Gasteiger charge is 2.32. The summed E-state index contributed by atoms with van der Waals surface area (Å²) in [7, 11) is 1.91. The van der Waals surface area contributed by atoms with E-state index in [1.165, 1.54) is 5.56 Å². The maximum atomic E-state index is 12.5. The molecule has 0 unspecified atom stereocenters. The molecule has 0 bridgehead atoms. The van der Waals surface area contributed by atoms with Crippen molar-refractivity contribution < 1.29 is 4.79 Å². The summed E-state index contributed by atoms with van der Waals surface area (Å²) >= 11 is 0. The summed E-state index contributed by atoms with van der Waals surface area (Å²) in [4.78, 5) is 21.4. The first-order chi connectivity index (χ1) is 11.1. The summed E-state index contributed by atoms with van der Waals surface area (Å²) < 4.78 is 2.06. The van der Waals surface area contributed by atoms with Crippen molar-refractivity contribution in [3.63, 3.8) is 0 Å². The average Bonchev–Trinajstić information content (AvgIpc) is 2.92. The lowest BCUT2D eigenvalue weighted by atomic mass is 10.0. The third kappa shape index (κ3) is 3.39. The highest BCUT2D eigenvalue weighted by molar-refractivity contribution is 5.82. The van der Waals surface area contributed by atoms with Gasteiger partial charge in [0.2, 0.25) is 5.91 Å². The molecule has 23 heavy (non-hydrogen) atoms. The van der Waals surface area contributed by atoms with Crippen molar-refractivity contribution in [3.8, 4) is 0 Å². The number of imidazole rings is 1. The summed E-state index contributed by atoms with van der Waals surface area (Å²) in [5, 5.41) is 0. The molecule has 1 saturated heterocycles. The summed E-state index contributed by atoms with van der Waals surface area (Å²) in [6, 6.07) is 4.18. The van der Waals surface area contributed by atoms with Gasteiger partial charge in [0.15, 0.2) is 0 Å². The van der Waals surface area contributed by atoms with Gasteiger partial charge in [-0.3, -0.25) is 9.69 Å². The zero-order chi connectivity index (χ0) is 16.4. The monoisotopic (exact) mass is 314 g/mol. The number of amides is 1. The third-order valence-corrected chi connectivity index (χ3v) is 4.69. The molecule has 0 spiro atoms. The lowest BCUT2D eigenvalue weighted by molar-refractivity contribution is -0.140. The first-order valence-corrected chi connectivity index (χ1v) is 8.51. The van der Waals surface area contributed by atoms with Gasteiger partial charge in [-0.25, -0.2) is 4.98 Å². The number of piperazine rings is 1. The molecule has 2 aromatic heterocycles. The predicted molar refractivity (Wildman–Crippen MR) is 91.3 cm³/mol. The first kappa shape index (κ1) is 16.0. The third-order valence-electron chi connectivity index (χ3n) is 4.69. The van der Waals surface area contributed by atoms with Gasteiger partial charge in [-0.2, -0.15) is 0 Å². The van der Waals surface area contributed by atoms with Gasteiger partial charge in [-0.15, -0.1) is 0 Å². The summed E-state index contributed by atoms with van der Waals surface area (Å²) in [6.07, 6.45) is 7.27. The zero-order valence-electron chi connectivity index (χ0n) is 14.3. The van der Waals surface area contributed by atoms with Crippen molar-refractivity contribution in [2.24, 2.45) is 0 Å². The molecule has 1 atom stereocenters. The Labute approximate surface area is 137 Å². The van der Waals surface area contributed by atoms with Crippen LogP contribution >= 0.6 is 0 Å². The second-order valence-electron chi connectivity index (χ2n) is 6.59. The molecule has 0 saturated carbocycles. The van der Waals surface area contributed by atoms with E-state index in [9.17, 15) is 4.79 Å². The van der Waals surface area contributed by atoms with Crippen LogP contribution < -0.4 is 0 Å². The number of hydrogen-bond acceptors (Lipinski definition) is 3. The normalized spacial score (nSPS) is 19.7. The van der Waals surface area contributed by atoms with Crippen LogP contribution in [0.2, 0.25) is 0 Å². The van der Waals surface area contributed by atoms with Gasteiger partial charge >= 0.3 is 0 Å². The van der Waals surface area contributed by atoms with Gasteiger partial charge in [0.25, 0.3) is 0 Å². The fraction of sp³-hybridized carbons (Fsp3) is 0.556. The van der Waals surface area contributed by atoms with E-state index in [2.05, 4.69) is 41.5 Å². The van der Waals surface area contributed by atoms with E-state index in [4.69, 9.17) is 4.98 Å². The molecule has 1 aliphatic heterocycles. The molecular weight excluding hydrogens is 288 g/mol. The number of fused-ring (bicyclic) bond motifs is 1.